The van der Waals surface area contributed by atoms with Crippen LogP contribution < -0.4 is 15.5 Å². The van der Waals surface area contributed by atoms with Crippen molar-refractivity contribution in [3.05, 3.63) is 24.5 Å². The molecule has 6 heteroatoms. The molecule has 0 aliphatic carbocycles. The fraction of sp³-hybridized carbons (Fsp3) is 0.684. The van der Waals surface area contributed by atoms with Crippen molar-refractivity contribution in [1.82, 2.24) is 15.6 Å². The van der Waals surface area contributed by atoms with Gasteiger partial charge in [-0.15, -0.1) is 0 Å². The number of piperidine rings is 1. The van der Waals surface area contributed by atoms with Crippen molar-refractivity contribution in [2.75, 3.05) is 31.1 Å². The van der Waals surface area contributed by atoms with Gasteiger partial charge in [0.25, 0.3) is 0 Å². The highest BCUT2D eigenvalue weighted by atomic mass is 16.3. The molecule has 1 aromatic rings. The molecule has 0 saturated carbocycles. The van der Waals surface area contributed by atoms with Crippen LogP contribution in [0.4, 0.5) is 10.5 Å². The lowest BCUT2D eigenvalue weighted by Crippen LogP contribution is -2.41. The van der Waals surface area contributed by atoms with Crippen LogP contribution in [-0.4, -0.2) is 48.4 Å². The Hall–Kier alpha value is -1.82. The second-order valence-corrected chi connectivity index (χ2v) is 7.34. The lowest BCUT2D eigenvalue weighted by Gasteiger charge is -2.33. The lowest BCUT2D eigenvalue weighted by atomic mass is 9.93. The first-order chi connectivity index (χ1) is 12.0. The third-order valence-corrected chi connectivity index (χ3v) is 4.72. The van der Waals surface area contributed by atoms with Gasteiger partial charge in [0.2, 0.25) is 0 Å². The number of aliphatic hydroxyl groups is 1. The third kappa shape index (κ3) is 7.30. The smallest absolute Gasteiger partial charge is 0.314 e. The molecule has 1 saturated heterocycles. The van der Waals surface area contributed by atoms with E-state index in [0.717, 1.165) is 32.4 Å². The first kappa shape index (κ1) is 19.5. The van der Waals surface area contributed by atoms with Crippen molar-refractivity contribution in [3.8, 4) is 0 Å². The van der Waals surface area contributed by atoms with Gasteiger partial charge in [-0.1, -0.05) is 13.8 Å². The van der Waals surface area contributed by atoms with Gasteiger partial charge in [0.05, 0.1) is 6.10 Å². The maximum absolute atomic E-state index is 11.8. The number of aromatic nitrogens is 1. The summed E-state index contributed by atoms with van der Waals surface area (Å²) in [6.45, 7) is 7.23. The van der Waals surface area contributed by atoms with Crippen LogP contribution in [0.3, 0.4) is 0 Å². The standard InChI is InChI=1S/C19H32N4O2/c1-15(2)13-18(24)14-22-19(25)21-10-3-16-6-11-23(12-7-16)17-4-8-20-9-5-17/h4-5,8-9,15-16,18,24H,3,6-7,10-14H2,1-2H3,(H2,21,22,25). The summed E-state index contributed by atoms with van der Waals surface area (Å²) in [5.41, 5.74) is 1.24. The number of anilines is 1. The van der Waals surface area contributed by atoms with Gasteiger partial charge in [0.1, 0.15) is 0 Å². The Morgan fingerprint density at radius 3 is 2.60 bits per heavy atom. The number of carbonyl (C=O) groups is 1. The quantitative estimate of drug-likeness (QED) is 0.674. The summed E-state index contributed by atoms with van der Waals surface area (Å²) >= 11 is 0. The summed E-state index contributed by atoms with van der Waals surface area (Å²) < 4.78 is 0. The van der Waals surface area contributed by atoms with Crippen LogP contribution in [0.5, 0.6) is 0 Å². The van der Waals surface area contributed by atoms with E-state index < -0.39 is 6.10 Å². The normalized spacial score (nSPS) is 16.7. The molecule has 0 spiro atoms. The van der Waals surface area contributed by atoms with E-state index in [0.29, 0.717) is 31.3 Å². The predicted octanol–water partition coefficient (Wildman–Crippen LogP) is 2.39. The van der Waals surface area contributed by atoms with Gasteiger partial charge in [-0.05, 0) is 49.7 Å². The molecule has 0 bridgehead atoms. The largest absolute Gasteiger partial charge is 0.391 e. The SMILES string of the molecule is CC(C)CC(O)CNC(=O)NCCC1CCN(c2ccncc2)CC1. The lowest BCUT2D eigenvalue weighted by molar-refractivity contribution is 0.146. The molecular formula is C19H32N4O2. The number of rotatable bonds is 8. The molecule has 1 aromatic heterocycles. The monoisotopic (exact) mass is 348 g/mol. The molecule has 3 N–H and O–H groups in total. The number of amides is 2. The first-order valence-electron chi connectivity index (χ1n) is 9.39. The van der Waals surface area contributed by atoms with E-state index in [4.69, 9.17) is 0 Å². The Kier molecular flexibility index (Phi) is 7.98. The van der Waals surface area contributed by atoms with Crippen LogP contribution >= 0.6 is 0 Å². The highest BCUT2D eigenvalue weighted by molar-refractivity contribution is 5.73. The van der Waals surface area contributed by atoms with E-state index in [2.05, 4.69) is 46.5 Å². The number of pyridine rings is 1. The average molecular weight is 348 g/mol. The van der Waals surface area contributed by atoms with Crippen LogP contribution in [0.25, 0.3) is 0 Å². The molecule has 25 heavy (non-hydrogen) atoms. The molecule has 2 amide bonds. The van der Waals surface area contributed by atoms with Gasteiger partial charge in [-0.2, -0.15) is 0 Å². The van der Waals surface area contributed by atoms with Crippen molar-refractivity contribution in [2.45, 2.75) is 45.6 Å². The Balaban J connectivity index is 1.56. The number of nitrogens with one attached hydrogen (secondary N) is 2. The van der Waals surface area contributed by atoms with Crippen LogP contribution in [0.15, 0.2) is 24.5 Å². The number of hydrogen-bond donors (Lipinski definition) is 3. The maximum atomic E-state index is 11.8. The van der Waals surface area contributed by atoms with Gasteiger partial charge in [0, 0.05) is 44.3 Å². The summed E-state index contributed by atoms with van der Waals surface area (Å²) in [6.07, 6.45) is 7.22. The second-order valence-electron chi connectivity index (χ2n) is 7.34. The van der Waals surface area contributed by atoms with E-state index >= 15 is 0 Å². The molecule has 140 valence electrons. The molecular weight excluding hydrogens is 316 g/mol. The fourth-order valence-corrected chi connectivity index (χ4v) is 3.33. The summed E-state index contributed by atoms with van der Waals surface area (Å²) in [5, 5.41) is 15.4. The van der Waals surface area contributed by atoms with E-state index in [-0.39, 0.29) is 6.03 Å². The van der Waals surface area contributed by atoms with E-state index in [9.17, 15) is 9.90 Å². The average Bonchev–Trinajstić information content (AvgIpc) is 2.61. The highest BCUT2D eigenvalue weighted by Gasteiger charge is 2.19. The molecule has 1 fully saturated rings. The zero-order chi connectivity index (χ0) is 18.1. The number of hydrogen-bond acceptors (Lipinski definition) is 4. The molecule has 0 radical (unpaired) electrons. The minimum Gasteiger partial charge on any atom is -0.391 e. The van der Waals surface area contributed by atoms with E-state index in [1.807, 2.05) is 12.4 Å². The minimum atomic E-state index is -0.469. The number of carbonyl (C=O) groups excluding carboxylic acids is 1. The van der Waals surface area contributed by atoms with E-state index in [1.54, 1.807) is 0 Å². The van der Waals surface area contributed by atoms with Crippen LogP contribution in [-0.2, 0) is 0 Å². The Labute approximate surface area is 151 Å². The molecule has 2 rings (SSSR count). The molecule has 0 aromatic carbocycles. The number of urea groups is 1. The molecule has 6 nitrogen and oxygen atoms in total. The Morgan fingerprint density at radius 2 is 1.96 bits per heavy atom. The minimum absolute atomic E-state index is 0.183. The highest BCUT2D eigenvalue weighted by Crippen LogP contribution is 2.24. The van der Waals surface area contributed by atoms with Gasteiger partial charge in [0.15, 0.2) is 0 Å². The van der Waals surface area contributed by atoms with E-state index in [1.165, 1.54) is 5.69 Å². The van der Waals surface area contributed by atoms with Crippen molar-refractivity contribution >= 4 is 11.7 Å². The summed E-state index contributed by atoms with van der Waals surface area (Å²) in [6, 6.07) is 3.93. The molecule has 1 unspecified atom stereocenters. The van der Waals surface area contributed by atoms with Crippen LogP contribution in [0.1, 0.15) is 39.5 Å². The van der Waals surface area contributed by atoms with Crippen molar-refractivity contribution in [3.63, 3.8) is 0 Å². The zero-order valence-corrected chi connectivity index (χ0v) is 15.4. The molecule has 1 aliphatic heterocycles. The third-order valence-electron chi connectivity index (χ3n) is 4.72. The maximum Gasteiger partial charge on any atom is 0.314 e. The van der Waals surface area contributed by atoms with Crippen molar-refractivity contribution in [2.24, 2.45) is 11.8 Å². The second kappa shape index (κ2) is 10.2. The Bertz CT molecular complexity index is 501. The first-order valence-corrected chi connectivity index (χ1v) is 9.39. The van der Waals surface area contributed by atoms with Gasteiger partial charge in [-0.25, -0.2) is 4.79 Å². The zero-order valence-electron chi connectivity index (χ0n) is 15.4. The molecule has 1 atom stereocenters. The van der Waals surface area contributed by atoms with Gasteiger partial charge in [-0.3, -0.25) is 4.98 Å². The van der Waals surface area contributed by atoms with Gasteiger partial charge >= 0.3 is 6.03 Å². The van der Waals surface area contributed by atoms with Crippen LogP contribution in [0, 0.1) is 11.8 Å². The van der Waals surface area contributed by atoms with Crippen molar-refractivity contribution < 1.29 is 9.90 Å². The van der Waals surface area contributed by atoms with Gasteiger partial charge < -0.3 is 20.6 Å². The summed E-state index contributed by atoms with van der Waals surface area (Å²) in [5.74, 6) is 1.09. The summed E-state index contributed by atoms with van der Waals surface area (Å²) in [4.78, 5) is 18.2. The Morgan fingerprint density at radius 1 is 1.28 bits per heavy atom. The number of aliphatic hydroxyl groups excluding tert-OH is 1. The molecule has 1 aliphatic rings. The molecule has 2 heterocycles. The number of nitrogens with zero attached hydrogens (tertiary/aromatic N) is 2. The van der Waals surface area contributed by atoms with Crippen LogP contribution in [0.2, 0.25) is 0 Å². The summed E-state index contributed by atoms with van der Waals surface area (Å²) in [7, 11) is 0. The van der Waals surface area contributed by atoms with Crippen molar-refractivity contribution in [1.29, 1.82) is 0 Å². The fourth-order valence-electron chi connectivity index (χ4n) is 3.33. The topological polar surface area (TPSA) is 77.5 Å². The predicted molar refractivity (Wildman–Crippen MR) is 101 cm³/mol.